The summed E-state index contributed by atoms with van der Waals surface area (Å²) in [4.78, 5) is 0. The third kappa shape index (κ3) is 2.94. The van der Waals surface area contributed by atoms with E-state index in [9.17, 15) is 0 Å². The largest absolute Gasteiger partial charge is 0.380 e. The molecule has 0 bridgehead atoms. The molecule has 0 amide bonds. The Morgan fingerprint density at radius 3 is 2.73 bits per heavy atom. The molecular weight excluding hydrogens is 186 g/mol. The fourth-order valence-electron chi connectivity index (χ4n) is 2.79. The summed E-state index contributed by atoms with van der Waals surface area (Å²) < 4.78 is 5.28. The summed E-state index contributed by atoms with van der Waals surface area (Å²) in [6.45, 7) is 7.69. The van der Waals surface area contributed by atoms with Crippen LogP contribution in [-0.2, 0) is 4.74 Å². The van der Waals surface area contributed by atoms with E-state index in [2.05, 4.69) is 19.2 Å². The SMILES string of the molecule is CCC1CCCC(NCC2(C)COC2)C1. The molecular formula is C13H25NO. The monoisotopic (exact) mass is 211 g/mol. The summed E-state index contributed by atoms with van der Waals surface area (Å²) in [5, 5.41) is 3.75. The van der Waals surface area contributed by atoms with Crippen LogP contribution < -0.4 is 5.32 Å². The summed E-state index contributed by atoms with van der Waals surface area (Å²) in [6, 6.07) is 0.779. The normalized spacial score (nSPS) is 34.8. The van der Waals surface area contributed by atoms with E-state index in [1.807, 2.05) is 0 Å². The fraction of sp³-hybridized carbons (Fsp3) is 1.00. The second-order valence-corrected chi connectivity index (χ2v) is 5.82. The quantitative estimate of drug-likeness (QED) is 0.771. The molecule has 1 N–H and O–H groups in total. The van der Waals surface area contributed by atoms with Crippen molar-refractivity contribution >= 4 is 0 Å². The number of rotatable bonds is 4. The van der Waals surface area contributed by atoms with Crippen LogP contribution in [0.1, 0.15) is 46.0 Å². The average Bonchev–Trinajstić information content (AvgIpc) is 2.24. The van der Waals surface area contributed by atoms with Gasteiger partial charge in [-0.3, -0.25) is 0 Å². The van der Waals surface area contributed by atoms with Crippen molar-refractivity contribution in [1.82, 2.24) is 5.32 Å². The zero-order valence-electron chi connectivity index (χ0n) is 10.2. The molecule has 0 radical (unpaired) electrons. The molecule has 0 aromatic heterocycles. The Bertz CT molecular complexity index is 201. The molecule has 2 unspecified atom stereocenters. The van der Waals surface area contributed by atoms with Crippen molar-refractivity contribution in [3.8, 4) is 0 Å². The Morgan fingerprint density at radius 1 is 1.33 bits per heavy atom. The van der Waals surface area contributed by atoms with Gasteiger partial charge >= 0.3 is 0 Å². The predicted molar refractivity (Wildman–Crippen MR) is 63.0 cm³/mol. The Labute approximate surface area is 93.8 Å². The second kappa shape index (κ2) is 4.84. The number of ether oxygens (including phenoxy) is 1. The van der Waals surface area contributed by atoms with Crippen LogP contribution in [0.15, 0.2) is 0 Å². The van der Waals surface area contributed by atoms with E-state index in [1.165, 1.54) is 32.1 Å². The van der Waals surface area contributed by atoms with Crippen molar-refractivity contribution in [3.05, 3.63) is 0 Å². The first-order chi connectivity index (χ1) is 7.22. The lowest BCUT2D eigenvalue weighted by atomic mass is 9.83. The van der Waals surface area contributed by atoms with E-state index in [-0.39, 0.29) is 0 Å². The smallest absolute Gasteiger partial charge is 0.0554 e. The van der Waals surface area contributed by atoms with Crippen molar-refractivity contribution < 1.29 is 4.74 Å². The molecule has 2 aliphatic rings. The molecule has 2 rings (SSSR count). The first-order valence-corrected chi connectivity index (χ1v) is 6.53. The first-order valence-electron chi connectivity index (χ1n) is 6.53. The molecule has 2 fully saturated rings. The molecule has 0 aromatic carbocycles. The van der Waals surface area contributed by atoms with Gasteiger partial charge in [-0.2, -0.15) is 0 Å². The standard InChI is InChI=1S/C13H25NO/c1-3-11-5-4-6-12(7-11)14-8-13(2)9-15-10-13/h11-12,14H,3-10H2,1-2H3. The number of hydrogen-bond acceptors (Lipinski definition) is 2. The van der Waals surface area contributed by atoms with Gasteiger partial charge < -0.3 is 10.1 Å². The highest BCUT2D eigenvalue weighted by molar-refractivity contribution is 4.86. The minimum absolute atomic E-state index is 0.430. The van der Waals surface area contributed by atoms with Crippen molar-refractivity contribution in [2.45, 2.75) is 52.0 Å². The van der Waals surface area contributed by atoms with Crippen molar-refractivity contribution in [1.29, 1.82) is 0 Å². The van der Waals surface area contributed by atoms with Crippen LogP contribution >= 0.6 is 0 Å². The van der Waals surface area contributed by atoms with Gasteiger partial charge in [0.15, 0.2) is 0 Å². The van der Waals surface area contributed by atoms with Crippen LogP contribution in [0.25, 0.3) is 0 Å². The molecule has 2 heteroatoms. The number of hydrogen-bond donors (Lipinski definition) is 1. The zero-order chi connectivity index (χ0) is 10.7. The van der Waals surface area contributed by atoms with Crippen LogP contribution in [0.2, 0.25) is 0 Å². The fourth-order valence-corrected chi connectivity index (χ4v) is 2.79. The average molecular weight is 211 g/mol. The van der Waals surface area contributed by atoms with E-state index >= 15 is 0 Å². The van der Waals surface area contributed by atoms with Crippen LogP contribution in [0.5, 0.6) is 0 Å². The third-order valence-electron chi connectivity index (χ3n) is 4.08. The molecule has 2 atom stereocenters. The molecule has 1 aliphatic heterocycles. The van der Waals surface area contributed by atoms with Crippen molar-refractivity contribution in [3.63, 3.8) is 0 Å². The lowest BCUT2D eigenvalue weighted by Gasteiger charge is -2.40. The van der Waals surface area contributed by atoms with Gasteiger partial charge in [0, 0.05) is 18.0 Å². The minimum atomic E-state index is 0.430. The highest BCUT2D eigenvalue weighted by Crippen LogP contribution is 2.29. The molecule has 0 spiro atoms. The molecule has 1 heterocycles. The van der Waals surface area contributed by atoms with Crippen LogP contribution in [0.4, 0.5) is 0 Å². The Kier molecular flexibility index (Phi) is 3.68. The van der Waals surface area contributed by atoms with Crippen LogP contribution in [0, 0.1) is 11.3 Å². The molecule has 2 nitrogen and oxygen atoms in total. The van der Waals surface area contributed by atoms with Gasteiger partial charge in [-0.1, -0.05) is 33.1 Å². The second-order valence-electron chi connectivity index (χ2n) is 5.82. The van der Waals surface area contributed by atoms with E-state index < -0.39 is 0 Å². The van der Waals surface area contributed by atoms with E-state index in [0.717, 1.165) is 31.7 Å². The van der Waals surface area contributed by atoms with E-state index in [0.29, 0.717) is 5.41 Å². The Balaban J connectivity index is 1.69. The molecule has 1 saturated carbocycles. The van der Waals surface area contributed by atoms with Crippen molar-refractivity contribution in [2.75, 3.05) is 19.8 Å². The van der Waals surface area contributed by atoms with Gasteiger partial charge in [0.25, 0.3) is 0 Å². The predicted octanol–water partition coefficient (Wildman–Crippen LogP) is 2.58. The minimum Gasteiger partial charge on any atom is -0.380 e. The Morgan fingerprint density at radius 2 is 2.13 bits per heavy atom. The summed E-state index contributed by atoms with van der Waals surface area (Å²) >= 11 is 0. The highest BCUT2D eigenvalue weighted by Gasteiger charge is 2.34. The van der Waals surface area contributed by atoms with Gasteiger partial charge in [0.1, 0.15) is 0 Å². The third-order valence-corrected chi connectivity index (χ3v) is 4.08. The molecule has 1 saturated heterocycles. The zero-order valence-corrected chi connectivity index (χ0v) is 10.2. The van der Waals surface area contributed by atoms with Gasteiger partial charge in [-0.25, -0.2) is 0 Å². The molecule has 15 heavy (non-hydrogen) atoms. The topological polar surface area (TPSA) is 21.3 Å². The molecule has 88 valence electrons. The van der Waals surface area contributed by atoms with Crippen LogP contribution in [0.3, 0.4) is 0 Å². The Hall–Kier alpha value is -0.0800. The van der Waals surface area contributed by atoms with Crippen molar-refractivity contribution in [2.24, 2.45) is 11.3 Å². The van der Waals surface area contributed by atoms with Crippen LogP contribution in [-0.4, -0.2) is 25.8 Å². The van der Waals surface area contributed by atoms with Gasteiger partial charge in [-0.05, 0) is 18.8 Å². The number of nitrogens with one attached hydrogen (secondary N) is 1. The maximum absolute atomic E-state index is 5.28. The van der Waals surface area contributed by atoms with E-state index in [1.54, 1.807) is 0 Å². The maximum Gasteiger partial charge on any atom is 0.0554 e. The summed E-state index contributed by atoms with van der Waals surface area (Å²) in [5.74, 6) is 0.974. The molecule has 1 aliphatic carbocycles. The summed E-state index contributed by atoms with van der Waals surface area (Å²) in [7, 11) is 0. The highest BCUT2D eigenvalue weighted by atomic mass is 16.5. The first kappa shape index (κ1) is 11.4. The van der Waals surface area contributed by atoms with Gasteiger partial charge in [0.2, 0.25) is 0 Å². The van der Waals surface area contributed by atoms with Gasteiger partial charge in [0.05, 0.1) is 13.2 Å². The lowest BCUT2D eigenvalue weighted by Crippen LogP contribution is -2.50. The summed E-state index contributed by atoms with van der Waals surface area (Å²) in [5.41, 5.74) is 0.430. The summed E-state index contributed by atoms with van der Waals surface area (Å²) in [6.07, 6.45) is 7.01. The lowest BCUT2D eigenvalue weighted by molar-refractivity contribution is -0.100. The maximum atomic E-state index is 5.28. The van der Waals surface area contributed by atoms with E-state index in [4.69, 9.17) is 4.74 Å². The van der Waals surface area contributed by atoms with Gasteiger partial charge in [-0.15, -0.1) is 0 Å². The molecule has 0 aromatic rings.